The van der Waals surface area contributed by atoms with Crippen LogP contribution in [0.3, 0.4) is 0 Å². The molecule has 2 amide bonds. The molecule has 0 bridgehead atoms. The Kier molecular flexibility index (Phi) is 7.91. The molecule has 3 rings (SSSR count). The van der Waals surface area contributed by atoms with E-state index in [0.29, 0.717) is 18.7 Å². The molecule has 10 heteroatoms. The van der Waals surface area contributed by atoms with Gasteiger partial charge in [0.25, 0.3) is 0 Å². The van der Waals surface area contributed by atoms with Crippen molar-refractivity contribution >= 4 is 29.3 Å². The lowest BCUT2D eigenvalue weighted by Crippen LogP contribution is -2.54. The van der Waals surface area contributed by atoms with Gasteiger partial charge in [0.05, 0.1) is 19.5 Å². The van der Waals surface area contributed by atoms with Crippen molar-refractivity contribution in [3.05, 3.63) is 29.8 Å². The van der Waals surface area contributed by atoms with Gasteiger partial charge in [-0.2, -0.15) is 0 Å². The summed E-state index contributed by atoms with van der Waals surface area (Å²) in [6.45, 7) is 1.01. The monoisotopic (exact) mass is 445 g/mol. The fourth-order valence-electron chi connectivity index (χ4n) is 4.48. The maximum absolute atomic E-state index is 12.6. The number of rotatable bonds is 8. The summed E-state index contributed by atoms with van der Waals surface area (Å²) < 4.78 is 0. The number of hydrogen-bond donors (Lipinski definition) is 4. The summed E-state index contributed by atoms with van der Waals surface area (Å²) in [6, 6.07) is 6.61. The quantitative estimate of drug-likeness (QED) is 0.202. The molecule has 0 radical (unpaired) electrons. The first kappa shape index (κ1) is 23.4. The van der Waals surface area contributed by atoms with Gasteiger partial charge < -0.3 is 31.2 Å². The van der Waals surface area contributed by atoms with Gasteiger partial charge in [-0.15, -0.1) is 0 Å². The van der Waals surface area contributed by atoms with Crippen molar-refractivity contribution in [2.45, 2.75) is 44.6 Å². The normalized spacial score (nSPS) is 19.0. The molecular weight excluding hydrogens is 414 g/mol. The van der Waals surface area contributed by atoms with Gasteiger partial charge in [-0.25, -0.2) is 0 Å². The number of amides is 2. The van der Waals surface area contributed by atoms with Gasteiger partial charge in [-0.1, -0.05) is 24.4 Å². The van der Waals surface area contributed by atoms with Crippen molar-refractivity contribution in [3.8, 4) is 0 Å². The molecule has 32 heavy (non-hydrogen) atoms. The third-order valence-electron chi connectivity index (χ3n) is 6.25. The molecule has 1 saturated carbocycles. The molecule has 1 unspecified atom stereocenters. The second-order valence-corrected chi connectivity index (χ2v) is 8.44. The fraction of sp³-hybridized carbons (Fsp3) is 0.545. The Morgan fingerprint density at radius 1 is 1.16 bits per heavy atom. The minimum Gasteiger partial charge on any atom is -0.481 e. The van der Waals surface area contributed by atoms with Crippen LogP contribution < -0.4 is 16.0 Å². The molecule has 5 N–H and O–H groups in total. The lowest BCUT2D eigenvalue weighted by molar-refractivity contribution is -0.139. The maximum Gasteiger partial charge on any atom is 0.305 e. The van der Waals surface area contributed by atoms with Crippen molar-refractivity contribution in [1.29, 1.82) is 0 Å². The van der Waals surface area contributed by atoms with Gasteiger partial charge in [0.1, 0.15) is 0 Å². The number of benzene rings is 1. The first-order valence-electron chi connectivity index (χ1n) is 11.0. The zero-order chi connectivity index (χ0) is 23.1. The summed E-state index contributed by atoms with van der Waals surface area (Å²) in [5.41, 5.74) is 6.98. The Bertz CT molecular complexity index is 851. The fourth-order valence-corrected chi connectivity index (χ4v) is 4.48. The van der Waals surface area contributed by atoms with Crippen LogP contribution in [0.2, 0.25) is 0 Å². The molecule has 1 aliphatic carbocycles. The van der Waals surface area contributed by atoms with E-state index in [9.17, 15) is 19.5 Å². The largest absolute Gasteiger partial charge is 0.481 e. The molecule has 174 valence electrons. The molecule has 2 fully saturated rings. The van der Waals surface area contributed by atoms with Gasteiger partial charge >= 0.3 is 5.97 Å². The summed E-state index contributed by atoms with van der Waals surface area (Å²) in [5.74, 6) is -1.23. The van der Waals surface area contributed by atoms with Crippen LogP contribution >= 0.6 is 0 Å². The number of amidine groups is 1. The number of nitrogens with two attached hydrogens (primary N) is 1. The summed E-state index contributed by atoms with van der Waals surface area (Å²) in [5, 5.41) is 23.8. The van der Waals surface area contributed by atoms with Gasteiger partial charge in [0, 0.05) is 30.4 Å². The predicted molar refractivity (Wildman–Crippen MR) is 119 cm³/mol. The van der Waals surface area contributed by atoms with E-state index in [2.05, 4.69) is 10.5 Å². The highest BCUT2D eigenvalue weighted by molar-refractivity contribution is 5.97. The van der Waals surface area contributed by atoms with Crippen molar-refractivity contribution in [1.82, 2.24) is 10.2 Å². The Morgan fingerprint density at radius 2 is 1.84 bits per heavy atom. The average molecular weight is 446 g/mol. The second-order valence-electron chi connectivity index (χ2n) is 8.44. The zero-order valence-electron chi connectivity index (χ0n) is 18.1. The van der Waals surface area contributed by atoms with E-state index in [-0.39, 0.29) is 43.1 Å². The van der Waals surface area contributed by atoms with Gasteiger partial charge in [0.15, 0.2) is 5.84 Å². The Labute approximate surface area is 187 Å². The third-order valence-corrected chi connectivity index (χ3v) is 6.25. The van der Waals surface area contributed by atoms with Crippen LogP contribution in [0.1, 0.15) is 44.1 Å². The SMILES string of the molecule is N/C(=N/O)c1ccc(N2CCN(CC(=O)NC(CC(=O)O)C3CCCCC3)C(=O)C2)cc1. The van der Waals surface area contributed by atoms with Gasteiger partial charge in [0.2, 0.25) is 11.8 Å². The van der Waals surface area contributed by atoms with Gasteiger partial charge in [-0.05, 0) is 43.0 Å². The van der Waals surface area contributed by atoms with E-state index < -0.39 is 12.0 Å². The number of oxime groups is 1. The van der Waals surface area contributed by atoms with Crippen LogP contribution in [0.15, 0.2) is 29.4 Å². The molecule has 2 aliphatic rings. The lowest BCUT2D eigenvalue weighted by Gasteiger charge is -2.36. The number of hydrogen-bond acceptors (Lipinski definition) is 6. The van der Waals surface area contributed by atoms with Gasteiger partial charge in [-0.3, -0.25) is 14.4 Å². The highest BCUT2D eigenvalue weighted by atomic mass is 16.4. The molecule has 1 aromatic carbocycles. The number of carboxylic acids is 1. The molecule has 1 heterocycles. The molecule has 0 aromatic heterocycles. The number of nitrogens with one attached hydrogen (secondary N) is 1. The topological polar surface area (TPSA) is 149 Å². The second kappa shape index (κ2) is 10.8. The average Bonchev–Trinajstić information content (AvgIpc) is 2.80. The summed E-state index contributed by atoms with van der Waals surface area (Å²) in [6.07, 6.45) is 5.00. The molecule has 1 atom stereocenters. The van der Waals surface area contributed by atoms with Crippen LogP contribution in [0.5, 0.6) is 0 Å². The van der Waals surface area contributed by atoms with Crippen LogP contribution in [-0.2, 0) is 14.4 Å². The molecule has 1 aromatic rings. The van der Waals surface area contributed by atoms with E-state index in [1.54, 1.807) is 24.3 Å². The molecular formula is C22H31N5O5. The van der Waals surface area contributed by atoms with Crippen LogP contribution in [0.4, 0.5) is 5.69 Å². The Hall–Kier alpha value is -3.30. The maximum atomic E-state index is 12.6. The highest BCUT2D eigenvalue weighted by Gasteiger charge is 2.30. The lowest BCUT2D eigenvalue weighted by atomic mass is 9.82. The highest BCUT2D eigenvalue weighted by Crippen LogP contribution is 2.28. The molecule has 1 aliphatic heterocycles. The van der Waals surface area contributed by atoms with Crippen molar-refractivity contribution in [3.63, 3.8) is 0 Å². The van der Waals surface area contributed by atoms with E-state index in [1.165, 1.54) is 4.90 Å². The number of aliphatic carboxylic acids is 1. The minimum atomic E-state index is -0.927. The zero-order valence-corrected chi connectivity index (χ0v) is 18.1. The Morgan fingerprint density at radius 3 is 2.44 bits per heavy atom. The van der Waals surface area contributed by atoms with Crippen LogP contribution in [0, 0.1) is 5.92 Å². The van der Waals surface area contributed by atoms with E-state index in [4.69, 9.17) is 10.9 Å². The minimum absolute atomic E-state index is 0.0119. The summed E-state index contributed by atoms with van der Waals surface area (Å²) >= 11 is 0. The summed E-state index contributed by atoms with van der Waals surface area (Å²) in [4.78, 5) is 39.9. The predicted octanol–water partition coefficient (Wildman–Crippen LogP) is 0.970. The van der Waals surface area contributed by atoms with Crippen molar-refractivity contribution < 1.29 is 24.7 Å². The first-order valence-corrected chi connectivity index (χ1v) is 11.0. The first-order chi connectivity index (χ1) is 15.4. The summed E-state index contributed by atoms with van der Waals surface area (Å²) in [7, 11) is 0. The number of carbonyl (C=O) groups excluding carboxylic acids is 2. The van der Waals surface area contributed by atoms with Crippen LogP contribution in [-0.4, -0.2) is 71.1 Å². The number of nitrogens with zero attached hydrogens (tertiary/aromatic N) is 3. The molecule has 10 nitrogen and oxygen atoms in total. The standard InChI is InChI=1S/C22H31N5O5/c23-22(25-32)16-6-8-17(9-7-16)26-10-11-27(20(29)14-26)13-19(28)24-18(12-21(30)31)15-4-2-1-3-5-15/h6-9,15,18,32H,1-5,10-14H2,(H2,23,25)(H,24,28)(H,30,31). The number of carbonyl (C=O) groups is 3. The number of piperazine rings is 1. The number of anilines is 1. The smallest absolute Gasteiger partial charge is 0.305 e. The third kappa shape index (κ3) is 6.12. The van der Waals surface area contributed by atoms with Crippen molar-refractivity contribution in [2.75, 3.05) is 31.1 Å². The van der Waals surface area contributed by atoms with E-state index in [0.717, 1.165) is 37.8 Å². The van der Waals surface area contributed by atoms with E-state index in [1.807, 2.05) is 4.90 Å². The number of carboxylic acid groups (broad SMARTS) is 1. The molecule has 0 spiro atoms. The molecule has 1 saturated heterocycles. The van der Waals surface area contributed by atoms with Crippen LogP contribution in [0.25, 0.3) is 0 Å². The van der Waals surface area contributed by atoms with Crippen molar-refractivity contribution in [2.24, 2.45) is 16.8 Å². The Balaban J connectivity index is 1.54. The van der Waals surface area contributed by atoms with E-state index >= 15 is 0 Å².